The van der Waals surface area contributed by atoms with Crippen molar-refractivity contribution in [2.45, 2.75) is 41.5 Å². The fourth-order valence-corrected chi connectivity index (χ4v) is 0. The first-order valence-corrected chi connectivity index (χ1v) is 4.46. The maximum Gasteiger partial charge on any atom is -0.0470 e. The molecule has 0 bridgehead atoms. The van der Waals surface area contributed by atoms with Crippen molar-refractivity contribution in [3.63, 3.8) is 0 Å². The Labute approximate surface area is 79.7 Å². The summed E-state index contributed by atoms with van der Waals surface area (Å²) in [5, 5.41) is 0. The minimum Gasteiger partial charge on any atom is -0.103 e. The summed E-state index contributed by atoms with van der Waals surface area (Å²) in [6, 6.07) is 0. The van der Waals surface area contributed by atoms with E-state index in [1.54, 1.807) is 12.2 Å². The SMILES string of the molecule is C/C=C\C.C=CC.C=CC.CC. The van der Waals surface area contributed by atoms with E-state index < -0.39 is 0 Å². The van der Waals surface area contributed by atoms with E-state index in [2.05, 4.69) is 13.2 Å². The molecule has 0 aliphatic carbocycles. The van der Waals surface area contributed by atoms with E-state index in [4.69, 9.17) is 0 Å². The van der Waals surface area contributed by atoms with Gasteiger partial charge in [-0.15, -0.1) is 13.2 Å². The van der Waals surface area contributed by atoms with E-state index in [1.165, 1.54) is 0 Å². The van der Waals surface area contributed by atoms with Crippen LogP contribution in [0.5, 0.6) is 0 Å². The standard InChI is InChI=1S/C4H8.2C3H6.C2H6/c1-3-4-2;2*1-3-2;1-2/h3-4H,1-2H3;2*3H,1H2,2H3;1-2H3/b4-3-;;;. The Morgan fingerprint density at radius 1 is 0.667 bits per heavy atom. The van der Waals surface area contributed by atoms with Crippen LogP contribution in [0.4, 0.5) is 0 Å². The third-order valence-electron chi connectivity index (χ3n) is 0.333. The van der Waals surface area contributed by atoms with Gasteiger partial charge in [0.1, 0.15) is 0 Å². The molecule has 0 aromatic heterocycles. The van der Waals surface area contributed by atoms with E-state index in [0.29, 0.717) is 0 Å². The second-order valence-corrected chi connectivity index (χ2v) is 1.48. The lowest BCUT2D eigenvalue weighted by molar-refractivity contribution is 1.50. The summed E-state index contributed by atoms with van der Waals surface area (Å²) in [5.41, 5.74) is 0. The largest absolute Gasteiger partial charge is 0.103 e. The zero-order valence-corrected chi connectivity index (χ0v) is 9.72. The zero-order chi connectivity index (χ0) is 10.8. The summed E-state index contributed by atoms with van der Waals surface area (Å²) in [5.74, 6) is 0. The van der Waals surface area contributed by atoms with E-state index >= 15 is 0 Å². The Bertz CT molecular complexity index is 58.1. The lowest BCUT2D eigenvalue weighted by atomic mass is 10.6. The van der Waals surface area contributed by atoms with Gasteiger partial charge >= 0.3 is 0 Å². The van der Waals surface area contributed by atoms with Crippen LogP contribution in [-0.2, 0) is 0 Å². The van der Waals surface area contributed by atoms with Gasteiger partial charge in [0.2, 0.25) is 0 Å². The molecular weight excluding hydrogens is 144 g/mol. The van der Waals surface area contributed by atoms with Gasteiger partial charge in [0, 0.05) is 0 Å². The molecule has 0 saturated heterocycles. The molecule has 0 saturated carbocycles. The van der Waals surface area contributed by atoms with Crippen molar-refractivity contribution in [1.82, 2.24) is 0 Å². The van der Waals surface area contributed by atoms with Crippen LogP contribution in [0.25, 0.3) is 0 Å². The lowest BCUT2D eigenvalue weighted by Crippen LogP contribution is -1.26. The average Bonchev–Trinajstić information content (AvgIpc) is 2.10. The molecule has 0 amide bonds. The molecule has 0 N–H and O–H groups in total. The predicted molar refractivity (Wildman–Crippen MR) is 63.6 cm³/mol. The molecular formula is C12H26. The molecule has 0 aliphatic rings. The number of rotatable bonds is 0. The lowest BCUT2D eigenvalue weighted by Gasteiger charge is -1.49. The number of allylic oxidation sites excluding steroid dienone is 4. The van der Waals surface area contributed by atoms with Gasteiger partial charge in [-0.1, -0.05) is 38.2 Å². The summed E-state index contributed by atoms with van der Waals surface area (Å²) in [7, 11) is 0. The van der Waals surface area contributed by atoms with Gasteiger partial charge in [-0.25, -0.2) is 0 Å². The highest BCUT2D eigenvalue weighted by molar-refractivity contribution is 4.68. The van der Waals surface area contributed by atoms with E-state index in [9.17, 15) is 0 Å². The van der Waals surface area contributed by atoms with Gasteiger partial charge in [-0.3, -0.25) is 0 Å². The van der Waals surface area contributed by atoms with Crippen molar-refractivity contribution >= 4 is 0 Å². The van der Waals surface area contributed by atoms with Crippen LogP contribution in [-0.4, -0.2) is 0 Å². The topological polar surface area (TPSA) is 0 Å². The zero-order valence-electron chi connectivity index (χ0n) is 9.72. The van der Waals surface area contributed by atoms with Gasteiger partial charge in [0.15, 0.2) is 0 Å². The predicted octanol–water partition coefficient (Wildman–Crippen LogP) is 4.99. The number of hydrogen-bond donors (Lipinski definition) is 0. The maximum atomic E-state index is 3.36. The first-order valence-electron chi connectivity index (χ1n) is 4.46. The molecule has 0 fully saturated rings. The van der Waals surface area contributed by atoms with E-state index in [0.717, 1.165) is 0 Å². The summed E-state index contributed by atoms with van der Waals surface area (Å²) < 4.78 is 0. The van der Waals surface area contributed by atoms with Gasteiger partial charge < -0.3 is 0 Å². The smallest absolute Gasteiger partial charge is 0.0470 e. The minimum absolute atomic E-state index is 1.75. The number of hydrogen-bond acceptors (Lipinski definition) is 0. The Morgan fingerprint density at radius 3 is 0.750 bits per heavy atom. The second kappa shape index (κ2) is 83.8. The molecule has 0 aromatic rings. The Balaban J connectivity index is -0.0000000368. The highest BCUT2D eigenvalue weighted by Crippen LogP contribution is 1.57. The van der Waals surface area contributed by atoms with Crippen molar-refractivity contribution in [1.29, 1.82) is 0 Å². The molecule has 0 atom stereocenters. The van der Waals surface area contributed by atoms with Crippen molar-refractivity contribution in [3.05, 3.63) is 37.5 Å². The highest BCUT2D eigenvalue weighted by atomic mass is 13.4. The Morgan fingerprint density at radius 2 is 0.750 bits per heavy atom. The van der Waals surface area contributed by atoms with Crippen LogP contribution in [0, 0.1) is 0 Å². The Kier molecular flexibility index (Phi) is 157. The monoisotopic (exact) mass is 170 g/mol. The molecule has 0 nitrogen and oxygen atoms in total. The third-order valence-corrected chi connectivity index (χ3v) is 0.333. The molecule has 74 valence electrons. The fourth-order valence-electron chi connectivity index (χ4n) is 0. The van der Waals surface area contributed by atoms with Crippen molar-refractivity contribution in [2.75, 3.05) is 0 Å². The maximum absolute atomic E-state index is 3.36. The van der Waals surface area contributed by atoms with Gasteiger partial charge in [0.25, 0.3) is 0 Å². The molecule has 0 heteroatoms. The van der Waals surface area contributed by atoms with Crippen molar-refractivity contribution < 1.29 is 0 Å². The average molecular weight is 170 g/mol. The van der Waals surface area contributed by atoms with E-state index in [-0.39, 0.29) is 0 Å². The molecule has 0 spiro atoms. The van der Waals surface area contributed by atoms with Gasteiger partial charge in [-0.05, 0) is 27.7 Å². The van der Waals surface area contributed by atoms with Crippen molar-refractivity contribution in [2.24, 2.45) is 0 Å². The first-order chi connectivity index (χ1) is 5.74. The molecule has 0 unspecified atom stereocenters. The summed E-state index contributed by atoms with van der Waals surface area (Å²) >= 11 is 0. The molecule has 0 rings (SSSR count). The van der Waals surface area contributed by atoms with E-state index in [1.807, 2.05) is 53.7 Å². The van der Waals surface area contributed by atoms with Crippen LogP contribution in [0.1, 0.15) is 41.5 Å². The Hall–Kier alpha value is -0.780. The van der Waals surface area contributed by atoms with Crippen LogP contribution in [0.2, 0.25) is 0 Å². The highest BCUT2D eigenvalue weighted by Gasteiger charge is 1.34. The fraction of sp³-hybridized carbons (Fsp3) is 0.500. The normalized spacial score (nSPS) is 5.83. The summed E-state index contributed by atoms with van der Waals surface area (Å²) in [4.78, 5) is 0. The molecule has 0 aromatic carbocycles. The molecule has 0 aliphatic heterocycles. The van der Waals surface area contributed by atoms with Gasteiger partial charge in [0.05, 0.1) is 0 Å². The van der Waals surface area contributed by atoms with Gasteiger partial charge in [-0.2, -0.15) is 0 Å². The van der Waals surface area contributed by atoms with Crippen LogP contribution in [0.15, 0.2) is 37.5 Å². The second-order valence-electron chi connectivity index (χ2n) is 1.48. The summed E-state index contributed by atoms with van der Waals surface area (Å²) in [6.07, 6.45) is 7.50. The molecule has 0 radical (unpaired) electrons. The van der Waals surface area contributed by atoms with Crippen molar-refractivity contribution in [3.8, 4) is 0 Å². The molecule has 12 heavy (non-hydrogen) atoms. The van der Waals surface area contributed by atoms with Crippen LogP contribution < -0.4 is 0 Å². The van der Waals surface area contributed by atoms with Crippen LogP contribution in [0.3, 0.4) is 0 Å². The van der Waals surface area contributed by atoms with Crippen LogP contribution >= 0.6 is 0 Å². The minimum atomic E-state index is 1.75. The quantitative estimate of drug-likeness (QED) is 0.449. The third kappa shape index (κ3) is 12900. The summed E-state index contributed by atoms with van der Waals surface area (Å²) in [6.45, 7) is 18.5. The first kappa shape index (κ1) is 22.5. The molecule has 0 heterocycles.